The van der Waals surface area contributed by atoms with Crippen LogP contribution >= 0.6 is 11.6 Å². The summed E-state index contributed by atoms with van der Waals surface area (Å²) in [7, 11) is 0. The molecule has 4 aromatic rings. The summed E-state index contributed by atoms with van der Waals surface area (Å²) in [6.45, 7) is 4.01. The van der Waals surface area contributed by atoms with Crippen LogP contribution in [0.3, 0.4) is 0 Å². The Morgan fingerprint density at radius 1 is 1.09 bits per heavy atom. The van der Waals surface area contributed by atoms with Crippen LogP contribution in [0, 0.1) is 0 Å². The van der Waals surface area contributed by atoms with Gasteiger partial charge in [-0.15, -0.1) is 10.2 Å². The van der Waals surface area contributed by atoms with Gasteiger partial charge in [0.25, 0.3) is 11.4 Å². The number of aryl methyl sites for hydroxylation is 1. The topological polar surface area (TPSA) is 94.0 Å². The van der Waals surface area contributed by atoms with Crippen LogP contribution in [-0.2, 0) is 12.8 Å². The molecule has 0 saturated carbocycles. The summed E-state index contributed by atoms with van der Waals surface area (Å²) in [4.78, 5) is 18.0. The summed E-state index contributed by atoms with van der Waals surface area (Å²) in [6, 6.07) is 16.7. The van der Waals surface area contributed by atoms with Gasteiger partial charge in [0.1, 0.15) is 5.82 Å². The quantitative estimate of drug-likeness (QED) is 0.385. The largest absolute Gasteiger partial charge is 0.493 e. The van der Waals surface area contributed by atoms with Crippen LogP contribution in [0.5, 0.6) is 5.88 Å². The molecule has 0 aliphatic carbocycles. The fourth-order valence-corrected chi connectivity index (χ4v) is 3.87. The van der Waals surface area contributed by atoms with Crippen molar-refractivity contribution in [2.75, 3.05) is 0 Å². The highest BCUT2D eigenvalue weighted by atomic mass is 35.5. The molecule has 8 heteroatoms. The molecule has 2 heterocycles. The van der Waals surface area contributed by atoms with E-state index < -0.39 is 11.4 Å². The molecule has 0 aliphatic rings. The number of unbranched alkanes of at least 4 members (excludes halogenated alkanes) is 1. The van der Waals surface area contributed by atoms with E-state index in [-0.39, 0.29) is 17.5 Å². The zero-order valence-electron chi connectivity index (χ0n) is 18.5. The monoisotopic (exact) mass is 464 g/mol. The Morgan fingerprint density at radius 3 is 2.52 bits per heavy atom. The van der Waals surface area contributed by atoms with Crippen molar-refractivity contribution in [2.24, 2.45) is 0 Å². The van der Waals surface area contributed by atoms with Crippen molar-refractivity contribution in [3.63, 3.8) is 0 Å². The lowest BCUT2D eigenvalue weighted by molar-refractivity contribution is 0.431. The minimum absolute atomic E-state index is 0.0509. The molecule has 0 unspecified atom stereocenters. The van der Waals surface area contributed by atoms with Gasteiger partial charge in [0, 0.05) is 11.4 Å². The maximum absolute atomic E-state index is 13.6. The molecule has 0 fully saturated rings. The van der Waals surface area contributed by atoms with Gasteiger partial charge in [-0.3, -0.25) is 9.36 Å². The van der Waals surface area contributed by atoms with Crippen LogP contribution in [0.2, 0.25) is 5.02 Å². The van der Waals surface area contributed by atoms with Gasteiger partial charge in [0.15, 0.2) is 5.56 Å². The smallest absolute Gasteiger partial charge is 0.270 e. The average Bonchev–Trinajstić information content (AvgIpc) is 3.27. The Balaban J connectivity index is 1.75. The van der Waals surface area contributed by atoms with E-state index in [1.54, 1.807) is 16.7 Å². The van der Waals surface area contributed by atoms with Crippen molar-refractivity contribution in [2.45, 2.75) is 45.6 Å². The Morgan fingerprint density at radius 2 is 1.82 bits per heavy atom. The maximum atomic E-state index is 13.6. The molecule has 33 heavy (non-hydrogen) atoms. The van der Waals surface area contributed by atoms with E-state index >= 15 is 0 Å². The number of rotatable bonds is 8. The number of aromatic nitrogens is 4. The van der Waals surface area contributed by atoms with Gasteiger partial charge in [-0.1, -0.05) is 67.4 Å². The van der Waals surface area contributed by atoms with Gasteiger partial charge < -0.3 is 9.52 Å². The average molecular weight is 465 g/mol. The molecule has 1 N–H and O–H groups in total. The molecule has 4 rings (SSSR count). The molecule has 7 nitrogen and oxygen atoms in total. The number of hydrogen-bond acceptors (Lipinski definition) is 6. The van der Waals surface area contributed by atoms with E-state index in [0.29, 0.717) is 29.6 Å². The van der Waals surface area contributed by atoms with E-state index in [9.17, 15) is 9.90 Å². The standard InChI is InChI=1S/C25H25ClN4O3/c1-3-4-10-20-27-23(31)22(25(32)30(20)16(2)18-8-6-5-7-9-18)24-29-28-21(33-24)15-17-11-13-19(26)14-12-17/h5-9,11-14,16,31H,3-4,10,15H2,1-2H3/t16-/m1/s1. The van der Waals surface area contributed by atoms with Crippen molar-refractivity contribution in [3.8, 4) is 17.3 Å². The van der Waals surface area contributed by atoms with Crippen molar-refractivity contribution in [1.29, 1.82) is 0 Å². The van der Waals surface area contributed by atoms with Crippen LogP contribution < -0.4 is 5.56 Å². The number of aromatic hydroxyl groups is 1. The van der Waals surface area contributed by atoms with Crippen LogP contribution in [0.1, 0.15) is 55.6 Å². The number of benzene rings is 2. The second-order valence-electron chi connectivity index (χ2n) is 7.90. The molecule has 0 spiro atoms. The van der Waals surface area contributed by atoms with E-state index in [1.807, 2.05) is 49.4 Å². The minimum atomic E-state index is -0.411. The molecular weight excluding hydrogens is 440 g/mol. The van der Waals surface area contributed by atoms with Gasteiger partial charge in [0.05, 0.1) is 12.5 Å². The molecule has 0 radical (unpaired) electrons. The number of hydrogen-bond donors (Lipinski definition) is 1. The van der Waals surface area contributed by atoms with Gasteiger partial charge >= 0.3 is 0 Å². The van der Waals surface area contributed by atoms with Crippen LogP contribution in [-0.4, -0.2) is 24.9 Å². The highest BCUT2D eigenvalue weighted by molar-refractivity contribution is 6.30. The first-order valence-corrected chi connectivity index (χ1v) is 11.3. The molecule has 0 bridgehead atoms. The minimum Gasteiger partial charge on any atom is -0.493 e. The lowest BCUT2D eigenvalue weighted by Crippen LogP contribution is -2.30. The van der Waals surface area contributed by atoms with Crippen molar-refractivity contribution < 1.29 is 9.52 Å². The van der Waals surface area contributed by atoms with Crippen molar-refractivity contribution in [1.82, 2.24) is 19.7 Å². The zero-order valence-corrected chi connectivity index (χ0v) is 19.3. The third-order valence-electron chi connectivity index (χ3n) is 5.54. The molecule has 2 aromatic heterocycles. The number of nitrogens with zero attached hydrogens (tertiary/aromatic N) is 4. The first kappa shape index (κ1) is 22.7. The summed E-state index contributed by atoms with van der Waals surface area (Å²) in [5.41, 5.74) is 1.39. The van der Waals surface area contributed by atoms with Crippen molar-refractivity contribution >= 4 is 11.6 Å². The Labute approximate surface area is 196 Å². The summed E-state index contributed by atoms with van der Waals surface area (Å²) < 4.78 is 7.37. The highest BCUT2D eigenvalue weighted by Gasteiger charge is 2.25. The first-order valence-electron chi connectivity index (χ1n) is 10.9. The fraction of sp³-hybridized carbons (Fsp3) is 0.280. The van der Waals surface area contributed by atoms with Gasteiger partial charge in [-0.2, -0.15) is 4.98 Å². The summed E-state index contributed by atoms with van der Waals surface area (Å²) in [5, 5.41) is 19.4. The normalized spacial score (nSPS) is 12.1. The third kappa shape index (κ3) is 4.98. The molecular formula is C25H25ClN4O3. The molecule has 0 aliphatic heterocycles. The fourth-order valence-electron chi connectivity index (χ4n) is 3.75. The Kier molecular flexibility index (Phi) is 6.89. The number of halogens is 1. The lowest BCUT2D eigenvalue weighted by atomic mass is 10.1. The van der Waals surface area contributed by atoms with E-state index in [4.69, 9.17) is 16.0 Å². The predicted molar refractivity (Wildman–Crippen MR) is 127 cm³/mol. The maximum Gasteiger partial charge on any atom is 0.270 e. The summed E-state index contributed by atoms with van der Waals surface area (Å²) in [5.74, 6) is 0.401. The van der Waals surface area contributed by atoms with Gasteiger partial charge in [-0.05, 0) is 36.6 Å². The van der Waals surface area contributed by atoms with Gasteiger partial charge in [-0.25, -0.2) is 0 Å². The summed E-state index contributed by atoms with van der Waals surface area (Å²) >= 11 is 5.94. The van der Waals surface area contributed by atoms with Crippen molar-refractivity contribution in [3.05, 3.63) is 92.8 Å². The predicted octanol–water partition coefficient (Wildman–Crippen LogP) is 5.20. The van der Waals surface area contributed by atoms with E-state index in [2.05, 4.69) is 22.1 Å². The molecule has 0 amide bonds. The highest BCUT2D eigenvalue weighted by Crippen LogP contribution is 2.27. The second kappa shape index (κ2) is 10.0. The third-order valence-corrected chi connectivity index (χ3v) is 5.79. The lowest BCUT2D eigenvalue weighted by Gasteiger charge is -2.20. The molecule has 170 valence electrons. The molecule has 2 aromatic carbocycles. The van der Waals surface area contributed by atoms with E-state index in [1.165, 1.54) is 0 Å². The molecule has 1 atom stereocenters. The first-order chi connectivity index (χ1) is 16.0. The van der Waals surface area contributed by atoms with Crippen LogP contribution in [0.15, 0.2) is 63.8 Å². The summed E-state index contributed by atoms with van der Waals surface area (Å²) in [6.07, 6.45) is 2.73. The van der Waals surface area contributed by atoms with Crippen LogP contribution in [0.25, 0.3) is 11.5 Å². The second-order valence-corrected chi connectivity index (χ2v) is 8.33. The molecule has 0 saturated heterocycles. The Hall–Kier alpha value is -3.45. The SMILES string of the molecule is CCCCc1nc(O)c(-c2nnc(Cc3ccc(Cl)cc3)o2)c(=O)n1[C@H](C)c1ccccc1. The van der Waals surface area contributed by atoms with Crippen LogP contribution in [0.4, 0.5) is 0 Å². The van der Waals surface area contributed by atoms with Gasteiger partial charge in [0.2, 0.25) is 11.8 Å². The zero-order chi connectivity index (χ0) is 23.4. The Bertz CT molecular complexity index is 1280. The van der Waals surface area contributed by atoms with E-state index in [0.717, 1.165) is 24.0 Å².